The maximum atomic E-state index is 13.8. The minimum absolute atomic E-state index is 0.0459. The minimum atomic E-state index is -3.62. The summed E-state index contributed by atoms with van der Waals surface area (Å²) in [5.74, 6) is -0.294. The molecule has 1 N–H and O–H groups in total. The van der Waals surface area contributed by atoms with Gasteiger partial charge in [-0.05, 0) is 72.3 Å². The third kappa shape index (κ3) is 4.62. The number of piperidine rings is 2. The Labute approximate surface area is 187 Å². The SMILES string of the molecule is C=CC(=O)NC1CC(C)(C)N(S(=O)(=O)C2CCN(C(=O)N3CCCCC3)CC2)C1(C)C. The fourth-order valence-electron chi connectivity index (χ4n) is 5.66. The maximum Gasteiger partial charge on any atom is 0.319 e. The Bertz CT molecular complexity index is 809. The molecule has 0 saturated carbocycles. The first kappa shape index (κ1) is 24.0. The molecule has 31 heavy (non-hydrogen) atoms. The second kappa shape index (κ2) is 8.73. The van der Waals surface area contributed by atoms with Gasteiger partial charge in [0, 0.05) is 37.8 Å². The molecule has 0 aliphatic carbocycles. The van der Waals surface area contributed by atoms with E-state index in [1.807, 2.05) is 37.5 Å². The van der Waals surface area contributed by atoms with Gasteiger partial charge < -0.3 is 15.1 Å². The number of carbonyl (C=O) groups is 2. The molecule has 0 spiro atoms. The van der Waals surface area contributed by atoms with E-state index in [0.29, 0.717) is 32.4 Å². The van der Waals surface area contributed by atoms with Gasteiger partial charge in [0.15, 0.2) is 0 Å². The Morgan fingerprint density at radius 3 is 2.06 bits per heavy atom. The number of nitrogens with one attached hydrogen (secondary N) is 1. The first-order valence-corrected chi connectivity index (χ1v) is 12.9. The lowest BCUT2D eigenvalue weighted by atomic mass is 9.94. The Morgan fingerprint density at radius 2 is 1.52 bits per heavy atom. The molecule has 0 bridgehead atoms. The normalized spacial score (nSPS) is 27.2. The van der Waals surface area contributed by atoms with E-state index in [1.165, 1.54) is 12.5 Å². The average molecular weight is 455 g/mol. The highest BCUT2D eigenvalue weighted by Gasteiger charge is 2.58. The van der Waals surface area contributed by atoms with Crippen molar-refractivity contribution in [2.45, 2.75) is 88.6 Å². The minimum Gasteiger partial charge on any atom is -0.348 e. The highest BCUT2D eigenvalue weighted by Crippen LogP contribution is 2.45. The van der Waals surface area contributed by atoms with Crippen LogP contribution in [0.5, 0.6) is 0 Å². The van der Waals surface area contributed by atoms with Crippen LogP contribution in [0.3, 0.4) is 0 Å². The van der Waals surface area contributed by atoms with E-state index in [-0.39, 0.29) is 18.0 Å². The van der Waals surface area contributed by atoms with E-state index in [1.54, 1.807) is 4.31 Å². The zero-order chi connectivity index (χ0) is 23.0. The Balaban J connectivity index is 1.71. The molecule has 3 amide bonds. The van der Waals surface area contributed by atoms with Crippen LogP contribution < -0.4 is 5.32 Å². The molecular formula is C22H38N4O4S. The van der Waals surface area contributed by atoms with Crippen molar-refractivity contribution in [2.24, 2.45) is 0 Å². The van der Waals surface area contributed by atoms with E-state index in [9.17, 15) is 18.0 Å². The quantitative estimate of drug-likeness (QED) is 0.660. The molecule has 3 saturated heterocycles. The van der Waals surface area contributed by atoms with Crippen LogP contribution >= 0.6 is 0 Å². The second-order valence-electron chi connectivity index (χ2n) is 10.3. The molecule has 0 aromatic carbocycles. The summed E-state index contributed by atoms with van der Waals surface area (Å²) < 4.78 is 29.2. The lowest BCUT2D eigenvalue weighted by Crippen LogP contribution is -2.60. The zero-order valence-electron chi connectivity index (χ0n) is 19.4. The van der Waals surface area contributed by atoms with Gasteiger partial charge in [-0.3, -0.25) is 4.79 Å². The van der Waals surface area contributed by atoms with Crippen molar-refractivity contribution in [3.05, 3.63) is 12.7 Å². The molecule has 0 aromatic rings. The Kier molecular flexibility index (Phi) is 6.77. The lowest BCUT2D eigenvalue weighted by Gasteiger charge is -2.44. The largest absolute Gasteiger partial charge is 0.348 e. The summed E-state index contributed by atoms with van der Waals surface area (Å²) in [5.41, 5.74) is -1.38. The number of urea groups is 1. The van der Waals surface area contributed by atoms with E-state index in [2.05, 4.69) is 11.9 Å². The van der Waals surface area contributed by atoms with Gasteiger partial charge in [-0.15, -0.1) is 0 Å². The summed E-state index contributed by atoms with van der Waals surface area (Å²) in [5, 5.41) is 2.39. The molecule has 3 fully saturated rings. The van der Waals surface area contributed by atoms with Gasteiger partial charge in [-0.25, -0.2) is 13.2 Å². The average Bonchev–Trinajstić information content (AvgIpc) is 2.91. The van der Waals surface area contributed by atoms with Crippen molar-refractivity contribution < 1.29 is 18.0 Å². The maximum absolute atomic E-state index is 13.8. The molecule has 3 aliphatic heterocycles. The van der Waals surface area contributed by atoms with Crippen LogP contribution in [0.4, 0.5) is 4.79 Å². The van der Waals surface area contributed by atoms with Gasteiger partial charge in [-0.1, -0.05) is 6.58 Å². The summed E-state index contributed by atoms with van der Waals surface area (Å²) in [6, 6.07) is -0.256. The van der Waals surface area contributed by atoms with E-state index < -0.39 is 26.4 Å². The molecule has 1 atom stereocenters. The molecule has 8 nitrogen and oxygen atoms in total. The first-order valence-electron chi connectivity index (χ1n) is 11.4. The van der Waals surface area contributed by atoms with Crippen molar-refractivity contribution in [3.8, 4) is 0 Å². The number of amides is 3. The first-order chi connectivity index (χ1) is 14.4. The molecule has 9 heteroatoms. The van der Waals surface area contributed by atoms with Crippen LogP contribution in [0.25, 0.3) is 0 Å². The topological polar surface area (TPSA) is 90.0 Å². The fourth-order valence-corrected chi connectivity index (χ4v) is 8.31. The predicted molar refractivity (Wildman–Crippen MR) is 121 cm³/mol. The molecular weight excluding hydrogens is 416 g/mol. The lowest BCUT2D eigenvalue weighted by molar-refractivity contribution is -0.117. The summed E-state index contributed by atoms with van der Waals surface area (Å²) in [6.45, 7) is 13.6. The number of rotatable bonds is 4. The third-order valence-corrected chi connectivity index (χ3v) is 9.93. The molecule has 176 valence electrons. The van der Waals surface area contributed by atoms with E-state index >= 15 is 0 Å². The number of carbonyl (C=O) groups excluding carboxylic acids is 2. The standard InChI is InChI=1S/C22H38N4O4S/c1-6-19(27)23-18-16-21(2,3)26(22(18,4)5)31(29,30)17-10-14-25(15-11-17)20(28)24-12-8-7-9-13-24/h6,17-18H,1,7-16H2,2-5H3,(H,23,27). The van der Waals surface area contributed by atoms with Gasteiger partial charge in [0.1, 0.15) is 0 Å². The van der Waals surface area contributed by atoms with Gasteiger partial charge in [0.2, 0.25) is 15.9 Å². The highest BCUT2D eigenvalue weighted by molar-refractivity contribution is 7.89. The van der Waals surface area contributed by atoms with Crippen molar-refractivity contribution in [1.29, 1.82) is 0 Å². The Morgan fingerprint density at radius 1 is 0.968 bits per heavy atom. The molecule has 3 heterocycles. The van der Waals surface area contributed by atoms with Crippen molar-refractivity contribution >= 4 is 22.0 Å². The van der Waals surface area contributed by atoms with Crippen LogP contribution in [-0.4, -0.2) is 83.0 Å². The molecule has 0 radical (unpaired) electrons. The number of sulfonamides is 1. The van der Waals surface area contributed by atoms with Crippen LogP contribution in [0, 0.1) is 0 Å². The summed E-state index contributed by atoms with van der Waals surface area (Å²) >= 11 is 0. The summed E-state index contributed by atoms with van der Waals surface area (Å²) in [6.07, 6.45) is 5.88. The van der Waals surface area contributed by atoms with Crippen molar-refractivity contribution in [2.75, 3.05) is 26.2 Å². The number of likely N-dealkylation sites (tertiary alicyclic amines) is 2. The predicted octanol–water partition coefficient (Wildman–Crippen LogP) is 2.32. The molecule has 0 aromatic heterocycles. The molecule has 3 rings (SSSR count). The van der Waals surface area contributed by atoms with Crippen molar-refractivity contribution in [1.82, 2.24) is 19.4 Å². The number of nitrogens with zero attached hydrogens (tertiary/aromatic N) is 3. The van der Waals surface area contributed by atoms with Gasteiger partial charge in [0.25, 0.3) is 0 Å². The zero-order valence-corrected chi connectivity index (χ0v) is 20.2. The van der Waals surface area contributed by atoms with Crippen LogP contribution in [0.2, 0.25) is 0 Å². The summed E-state index contributed by atoms with van der Waals surface area (Å²) in [7, 11) is -3.62. The molecule has 1 unspecified atom stereocenters. The number of hydrogen-bond donors (Lipinski definition) is 1. The smallest absolute Gasteiger partial charge is 0.319 e. The molecule has 3 aliphatic rings. The van der Waals surface area contributed by atoms with Gasteiger partial charge >= 0.3 is 6.03 Å². The highest BCUT2D eigenvalue weighted by atomic mass is 32.2. The van der Waals surface area contributed by atoms with E-state index in [4.69, 9.17) is 0 Å². The van der Waals surface area contributed by atoms with Crippen molar-refractivity contribution in [3.63, 3.8) is 0 Å². The van der Waals surface area contributed by atoms with Crippen LogP contribution in [0.15, 0.2) is 12.7 Å². The fraction of sp³-hybridized carbons (Fsp3) is 0.818. The monoisotopic (exact) mass is 454 g/mol. The third-order valence-electron chi connectivity index (χ3n) is 7.15. The van der Waals surface area contributed by atoms with Gasteiger partial charge in [-0.2, -0.15) is 4.31 Å². The van der Waals surface area contributed by atoms with Crippen LogP contribution in [-0.2, 0) is 14.8 Å². The number of hydrogen-bond acceptors (Lipinski definition) is 4. The second-order valence-corrected chi connectivity index (χ2v) is 12.3. The summed E-state index contributed by atoms with van der Waals surface area (Å²) in [4.78, 5) is 28.4. The van der Waals surface area contributed by atoms with Crippen LogP contribution in [0.1, 0.15) is 66.2 Å². The van der Waals surface area contributed by atoms with E-state index in [0.717, 1.165) is 25.9 Å². The van der Waals surface area contributed by atoms with Gasteiger partial charge in [0.05, 0.1) is 10.8 Å². The Hall–Kier alpha value is -1.61.